The first-order chi connectivity index (χ1) is 11.4. The molecule has 0 saturated heterocycles. The van der Waals surface area contributed by atoms with Gasteiger partial charge in [-0.3, -0.25) is 4.79 Å². The lowest BCUT2D eigenvalue weighted by molar-refractivity contribution is 0.0940. The molecule has 0 aliphatic rings. The van der Waals surface area contributed by atoms with Gasteiger partial charge in [0.05, 0.1) is 31.5 Å². The molecule has 130 valence electrons. The van der Waals surface area contributed by atoms with Crippen molar-refractivity contribution in [3.05, 3.63) is 34.5 Å². The first kappa shape index (κ1) is 18.1. The highest BCUT2D eigenvalue weighted by molar-refractivity contribution is 7.10. The number of benzene rings is 1. The largest absolute Gasteiger partial charge is 0.493 e. The second kappa shape index (κ2) is 7.53. The van der Waals surface area contributed by atoms with E-state index in [0.29, 0.717) is 17.1 Å². The maximum Gasteiger partial charge on any atom is 0.256 e. The SMILES string of the molecule is CNc1snc(C)c1C(=O)N[C@H](C)c1cc(OC)c(OC)cc1C. The number of nitrogens with zero attached hydrogens (tertiary/aromatic N) is 1. The Hall–Kier alpha value is -2.28. The molecule has 2 aromatic rings. The van der Waals surface area contributed by atoms with E-state index in [0.717, 1.165) is 21.8 Å². The first-order valence-electron chi connectivity index (χ1n) is 7.60. The molecular formula is C17H23N3O3S. The molecule has 7 heteroatoms. The fourth-order valence-electron chi connectivity index (χ4n) is 2.62. The highest BCUT2D eigenvalue weighted by Gasteiger charge is 2.21. The van der Waals surface area contributed by atoms with E-state index < -0.39 is 0 Å². The lowest BCUT2D eigenvalue weighted by Gasteiger charge is -2.19. The van der Waals surface area contributed by atoms with Gasteiger partial charge in [-0.15, -0.1) is 0 Å². The summed E-state index contributed by atoms with van der Waals surface area (Å²) in [5.41, 5.74) is 3.31. The number of rotatable bonds is 6. The molecule has 6 nitrogen and oxygen atoms in total. The van der Waals surface area contributed by atoms with Crippen molar-refractivity contribution in [1.82, 2.24) is 9.69 Å². The van der Waals surface area contributed by atoms with Gasteiger partial charge in [0.15, 0.2) is 11.5 Å². The quantitative estimate of drug-likeness (QED) is 0.837. The number of amides is 1. The number of aryl methyl sites for hydroxylation is 2. The van der Waals surface area contributed by atoms with Gasteiger partial charge in [0.2, 0.25) is 0 Å². The number of anilines is 1. The third-order valence-electron chi connectivity index (χ3n) is 3.90. The van der Waals surface area contributed by atoms with Gasteiger partial charge in [-0.05, 0) is 55.6 Å². The molecule has 1 aromatic heterocycles. The van der Waals surface area contributed by atoms with Gasteiger partial charge in [-0.2, -0.15) is 4.37 Å². The summed E-state index contributed by atoms with van der Waals surface area (Å²) in [6.45, 7) is 5.76. The van der Waals surface area contributed by atoms with Crippen molar-refractivity contribution < 1.29 is 14.3 Å². The van der Waals surface area contributed by atoms with E-state index in [1.807, 2.05) is 32.9 Å². The van der Waals surface area contributed by atoms with Crippen LogP contribution in [0.5, 0.6) is 11.5 Å². The summed E-state index contributed by atoms with van der Waals surface area (Å²) in [5, 5.41) is 6.81. The highest BCUT2D eigenvalue weighted by Crippen LogP contribution is 2.33. The number of methoxy groups -OCH3 is 2. The Morgan fingerprint density at radius 1 is 1.21 bits per heavy atom. The third kappa shape index (κ3) is 3.46. The van der Waals surface area contributed by atoms with E-state index in [1.165, 1.54) is 11.5 Å². The van der Waals surface area contributed by atoms with Crippen LogP contribution in [0, 0.1) is 13.8 Å². The van der Waals surface area contributed by atoms with Crippen molar-refractivity contribution in [1.29, 1.82) is 0 Å². The monoisotopic (exact) mass is 349 g/mol. The van der Waals surface area contributed by atoms with E-state index in [2.05, 4.69) is 15.0 Å². The molecule has 0 saturated carbocycles. The summed E-state index contributed by atoms with van der Waals surface area (Å²) < 4.78 is 14.9. The molecular weight excluding hydrogens is 326 g/mol. The van der Waals surface area contributed by atoms with Crippen LogP contribution in [0.4, 0.5) is 5.00 Å². The predicted octanol–water partition coefficient (Wildman–Crippen LogP) is 3.31. The van der Waals surface area contributed by atoms with Crippen LogP contribution in [0.1, 0.15) is 40.1 Å². The van der Waals surface area contributed by atoms with E-state index in [9.17, 15) is 4.79 Å². The lowest BCUT2D eigenvalue weighted by Crippen LogP contribution is -2.28. The van der Waals surface area contributed by atoms with Gasteiger partial charge in [-0.1, -0.05) is 0 Å². The van der Waals surface area contributed by atoms with Gasteiger partial charge in [0, 0.05) is 7.05 Å². The Balaban J connectivity index is 2.28. The van der Waals surface area contributed by atoms with Crippen LogP contribution in [-0.2, 0) is 0 Å². The molecule has 1 amide bonds. The van der Waals surface area contributed by atoms with Crippen LogP contribution in [0.25, 0.3) is 0 Å². The fraction of sp³-hybridized carbons (Fsp3) is 0.412. The molecule has 2 rings (SSSR count). The van der Waals surface area contributed by atoms with Crippen molar-refractivity contribution >= 4 is 22.4 Å². The Labute approximate surface area is 146 Å². The standard InChI is InChI=1S/C17H23N3O3S/c1-9-7-13(22-5)14(23-6)8-12(9)10(2)19-16(21)15-11(3)20-24-17(15)18-4/h7-8,10,18H,1-6H3,(H,19,21)/t10-/m1/s1. The molecule has 2 N–H and O–H groups in total. The number of carbonyl (C=O) groups excluding carboxylic acids is 1. The highest BCUT2D eigenvalue weighted by atomic mass is 32.1. The summed E-state index contributed by atoms with van der Waals surface area (Å²) in [7, 11) is 4.99. The number of carbonyl (C=O) groups is 1. The smallest absolute Gasteiger partial charge is 0.256 e. The van der Waals surface area contributed by atoms with Gasteiger partial charge < -0.3 is 20.1 Å². The molecule has 0 fully saturated rings. The van der Waals surface area contributed by atoms with E-state index in [-0.39, 0.29) is 11.9 Å². The molecule has 1 aromatic carbocycles. The average molecular weight is 349 g/mol. The van der Waals surface area contributed by atoms with Gasteiger partial charge in [0.25, 0.3) is 5.91 Å². The van der Waals surface area contributed by atoms with Crippen molar-refractivity contribution in [2.75, 3.05) is 26.6 Å². The summed E-state index contributed by atoms with van der Waals surface area (Å²) in [5.74, 6) is 1.17. The minimum Gasteiger partial charge on any atom is -0.493 e. The van der Waals surface area contributed by atoms with Crippen molar-refractivity contribution in [3.8, 4) is 11.5 Å². The Bertz CT molecular complexity index is 743. The zero-order chi connectivity index (χ0) is 17.9. The van der Waals surface area contributed by atoms with Crippen molar-refractivity contribution in [2.24, 2.45) is 0 Å². The lowest BCUT2D eigenvalue weighted by atomic mass is 10.0. The molecule has 1 heterocycles. The first-order valence-corrected chi connectivity index (χ1v) is 8.37. The fourth-order valence-corrected chi connectivity index (χ4v) is 3.36. The van der Waals surface area contributed by atoms with Crippen LogP contribution < -0.4 is 20.1 Å². The predicted molar refractivity (Wildman–Crippen MR) is 96.6 cm³/mol. The van der Waals surface area contributed by atoms with E-state index >= 15 is 0 Å². The summed E-state index contributed by atoms with van der Waals surface area (Å²) >= 11 is 1.28. The number of aromatic nitrogens is 1. The third-order valence-corrected chi connectivity index (χ3v) is 4.86. The molecule has 0 spiro atoms. The molecule has 1 atom stereocenters. The molecule has 24 heavy (non-hydrogen) atoms. The maximum atomic E-state index is 12.6. The van der Waals surface area contributed by atoms with Gasteiger partial charge in [0.1, 0.15) is 5.00 Å². The van der Waals surface area contributed by atoms with Crippen LogP contribution in [0.15, 0.2) is 12.1 Å². The topological polar surface area (TPSA) is 72.5 Å². The zero-order valence-electron chi connectivity index (χ0n) is 14.8. The van der Waals surface area contributed by atoms with Crippen molar-refractivity contribution in [3.63, 3.8) is 0 Å². The summed E-state index contributed by atoms with van der Waals surface area (Å²) in [6, 6.07) is 3.63. The Morgan fingerprint density at radius 3 is 2.42 bits per heavy atom. The Morgan fingerprint density at radius 2 is 1.83 bits per heavy atom. The minimum absolute atomic E-state index is 0.146. The molecule has 0 aliphatic heterocycles. The van der Waals surface area contributed by atoms with E-state index in [4.69, 9.17) is 9.47 Å². The van der Waals surface area contributed by atoms with Gasteiger partial charge >= 0.3 is 0 Å². The maximum absolute atomic E-state index is 12.6. The van der Waals surface area contributed by atoms with Gasteiger partial charge in [-0.25, -0.2) is 0 Å². The second-order valence-electron chi connectivity index (χ2n) is 5.48. The number of hydrogen-bond acceptors (Lipinski definition) is 6. The normalized spacial score (nSPS) is 11.8. The second-order valence-corrected chi connectivity index (χ2v) is 6.25. The van der Waals surface area contributed by atoms with Crippen LogP contribution in [-0.4, -0.2) is 31.5 Å². The number of ether oxygens (including phenoxy) is 2. The number of nitrogens with one attached hydrogen (secondary N) is 2. The average Bonchev–Trinajstić information content (AvgIpc) is 2.95. The molecule has 0 unspecified atom stereocenters. The summed E-state index contributed by atoms with van der Waals surface area (Å²) in [4.78, 5) is 12.6. The molecule has 0 bridgehead atoms. The van der Waals surface area contributed by atoms with E-state index in [1.54, 1.807) is 21.3 Å². The van der Waals surface area contributed by atoms with Crippen LogP contribution in [0.3, 0.4) is 0 Å². The Kier molecular flexibility index (Phi) is 5.66. The summed E-state index contributed by atoms with van der Waals surface area (Å²) in [6.07, 6.45) is 0. The molecule has 0 radical (unpaired) electrons. The minimum atomic E-state index is -0.179. The number of hydrogen-bond donors (Lipinski definition) is 2. The van der Waals surface area contributed by atoms with Crippen LogP contribution >= 0.6 is 11.5 Å². The zero-order valence-corrected chi connectivity index (χ0v) is 15.6. The molecule has 0 aliphatic carbocycles. The van der Waals surface area contributed by atoms with Crippen molar-refractivity contribution in [2.45, 2.75) is 26.8 Å². The van der Waals surface area contributed by atoms with Crippen LogP contribution in [0.2, 0.25) is 0 Å².